The maximum Gasteiger partial charge on any atom is 0.134 e. The van der Waals surface area contributed by atoms with E-state index in [9.17, 15) is 0 Å². The Balaban J connectivity index is 4.04. The fourth-order valence-corrected chi connectivity index (χ4v) is 1.29. The van der Waals surface area contributed by atoms with Crippen molar-refractivity contribution in [2.75, 3.05) is 13.1 Å². The normalized spacial score (nSPS) is 11.1. The lowest BCUT2D eigenvalue weighted by molar-refractivity contribution is 0.359. The Morgan fingerprint density at radius 1 is 1.29 bits per heavy atom. The molecule has 2 nitrogen and oxygen atoms in total. The predicted octanol–water partition coefficient (Wildman–Crippen LogP) is 3.49. The Kier molecular flexibility index (Phi) is 8.47. The van der Waals surface area contributed by atoms with Gasteiger partial charge in [0.05, 0.1) is 0 Å². The van der Waals surface area contributed by atoms with E-state index in [-0.39, 0.29) is 5.03 Å². The number of nitriles is 1. The number of hydrogen-bond acceptors (Lipinski definition) is 2. The number of rotatable bonds is 7. The van der Waals surface area contributed by atoms with E-state index in [1.54, 1.807) is 6.20 Å². The first-order valence-electron chi connectivity index (χ1n) is 5.26. The van der Waals surface area contributed by atoms with E-state index in [2.05, 4.69) is 18.7 Å². The van der Waals surface area contributed by atoms with Crippen LogP contribution < -0.4 is 0 Å². The van der Waals surface area contributed by atoms with Crippen molar-refractivity contribution < 1.29 is 0 Å². The van der Waals surface area contributed by atoms with Gasteiger partial charge in [-0.2, -0.15) is 5.26 Å². The summed E-state index contributed by atoms with van der Waals surface area (Å²) in [5.74, 6) is 0. The summed E-state index contributed by atoms with van der Waals surface area (Å²) >= 11 is 5.68. The van der Waals surface area contributed by atoms with E-state index in [1.165, 1.54) is 12.8 Å². The zero-order chi connectivity index (χ0) is 10.8. The standard InChI is InChI=1S/C11H19ClN2/c1-3-5-7-14(8-6-4-2)10-11(12)9-13/h10H,3-8H2,1-2H3/b11-10+. The first-order chi connectivity index (χ1) is 6.74. The molecule has 0 N–H and O–H groups in total. The van der Waals surface area contributed by atoms with Crippen molar-refractivity contribution in [1.82, 2.24) is 4.90 Å². The van der Waals surface area contributed by atoms with Gasteiger partial charge in [-0.25, -0.2) is 0 Å². The number of nitrogens with zero attached hydrogens (tertiary/aromatic N) is 2. The molecule has 0 aliphatic heterocycles. The minimum absolute atomic E-state index is 0.275. The molecule has 0 aliphatic carbocycles. The van der Waals surface area contributed by atoms with Crippen LogP contribution in [-0.2, 0) is 0 Å². The Morgan fingerprint density at radius 3 is 2.14 bits per heavy atom. The summed E-state index contributed by atoms with van der Waals surface area (Å²) in [5, 5.41) is 8.83. The molecule has 0 aromatic carbocycles. The highest BCUT2D eigenvalue weighted by Crippen LogP contribution is 2.05. The highest BCUT2D eigenvalue weighted by atomic mass is 35.5. The molecule has 0 amide bonds. The molecule has 0 aliphatic rings. The summed E-state index contributed by atoms with van der Waals surface area (Å²) in [6.45, 7) is 6.31. The largest absolute Gasteiger partial charge is 0.376 e. The van der Waals surface area contributed by atoms with Crippen molar-refractivity contribution in [3.8, 4) is 6.07 Å². The molecule has 0 fully saturated rings. The lowest BCUT2D eigenvalue weighted by atomic mass is 10.3. The summed E-state index contributed by atoms with van der Waals surface area (Å²) < 4.78 is 0. The van der Waals surface area contributed by atoms with Crippen molar-refractivity contribution in [3.63, 3.8) is 0 Å². The zero-order valence-corrected chi connectivity index (χ0v) is 9.85. The molecule has 0 bridgehead atoms. The number of hydrogen-bond donors (Lipinski definition) is 0. The van der Waals surface area contributed by atoms with Gasteiger partial charge >= 0.3 is 0 Å². The summed E-state index contributed by atoms with van der Waals surface area (Å²) in [7, 11) is 0. The van der Waals surface area contributed by atoms with Crippen LogP contribution in [0.1, 0.15) is 39.5 Å². The lowest BCUT2D eigenvalue weighted by Crippen LogP contribution is -2.20. The van der Waals surface area contributed by atoms with Crippen LogP contribution in [-0.4, -0.2) is 18.0 Å². The van der Waals surface area contributed by atoms with E-state index in [4.69, 9.17) is 16.9 Å². The van der Waals surface area contributed by atoms with E-state index in [1.807, 2.05) is 6.07 Å². The topological polar surface area (TPSA) is 27.0 Å². The molecule has 0 saturated heterocycles. The van der Waals surface area contributed by atoms with Crippen LogP contribution in [0.15, 0.2) is 11.2 Å². The van der Waals surface area contributed by atoms with Crippen molar-refractivity contribution in [1.29, 1.82) is 5.26 Å². The fraction of sp³-hybridized carbons (Fsp3) is 0.727. The minimum atomic E-state index is 0.275. The maximum absolute atomic E-state index is 8.56. The highest BCUT2D eigenvalue weighted by Gasteiger charge is 2.00. The van der Waals surface area contributed by atoms with Gasteiger partial charge in [0.1, 0.15) is 11.1 Å². The maximum atomic E-state index is 8.56. The number of unbranched alkanes of at least 4 members (excludes halogenated alkanes) is 2. The minimum Gasteiger partial charge on any atom is -0.376 e. The summed E-state index contributed by atoms with van der Waals surface area (Å²) in [6, 6.07) is 1.93. The smallest absolute Gasteiger partial charge is 0.134 e. The lowest BCUT2D eigenvalue weighted by Gasteiger charge is -2.19. The SMILES string of the molecule is CCCCN(/C=C(/Cl)C#N)CCCC. The van der Waals surface area contributed by atoms with Gasteiger partial charge in [0.2, 0.25) is 0 Å². The molecule has 0 heterocycles. The van der Waals surface area contributed by atoms with Crippen molar-refractivity contribution in [2.45, 2.75) is 39.5 Å². The van der Waals surface area contributed by atoms with Gasteiger partial charge < -0.3 is 4.90 Å². The third-order valence-electron chi connectivity index (χ3n) is 2.00. The summed E-state index contributed by atoms with van der Waals surface area (Å²) in [4.78, 5) is 2.14. The van der Waals surface area contributed by atoms with Crippen molar-refractivity contribution in [2.24, 2.45) is 0 Å². The third kappa shape index (κ3) is 6.80. The van der Waals surface area contributed by atoms with Crippen LogP contribution in [0.25, 0.3) is 0 Å². The molecular formula is C11H19ClN2. The highest BCUT2D eigenvalue weighted by molar-refractivity contribution is 6.31. The average molecular weight is 215 g/mol. The van der Waals surface area contributed by atoms with Crippen LogP contribution in [0.5, 0.6) is 0 Å². The van der Waals surface area contributed by atoms with Gasteiger partial charge in [0.15, 0.2) is 0 Å². The first kappa shape index (κ1) is 13.3. The Bertz CT molecular complexity index is 198. The first-order valence-corrected chi connectivity index (χ1v) is 5.63. The number of halogens is 1. The molecule has 0 aromatic rings. The van der Waals surface area contributed by atoms with Gasteiger partial charge in [0.25, 0.3) is 0 Å². The molecule has 14 heavy (non-hydrogen) atoms. The summed E-state index contributed by atoms with van der Waals surface area (Å²) in [6.07, 6.45) is 6.39. The van der Waals surface area contributed by atoms with Gasteiger partial charge in [-0.3, -0.25) is 0 Å². The van der Waals surface area contributed by atoms with Crippen LogP contribution in [0.4, 0.5) is 0 Å². The van der Waals surface area contributed by atoms with E-state index in [0.29, 0.717) is 0 Å². The van der Waals surface area contributed by atoms with E-state index in [0.717, 1.165) is 25.9 Å². The van der Waals surface area contributed by atoms with Crippen LogP contribution >= 0.6 is 11.6 Å². The third-order valence-corrected chi connectivity index (χ3v) is 2.18. The zero-order valence-electron chi connectivity index (χ0n) is 9.09. The molecule has 0 atom stereocenters. The van der Waals surface area contributed by atoms with E-state index < -0.39 is 0 Å². The second-order valence-electron chi connectivity index (χ2n) is 3.33. The van der Waals surface area contributed by atoms with Crippen LogP contribution in [0.2, 0.25) is 0 Å². The fourth-order valence-electron chi connectivity index (χ4n) is 1.15. The number of allylic oxidation sites excluding steroid dienone is 1. The van der Waals surface area contributed by atoms with E-state index >= 15 is 0 Å². The molecule has 80 valence electrons. The second-order valence-corrected chi connectivity index (χ2v) is 3.74. The van der Waals surface area contributed by atoms with Crippen LogP contribution in [0, 0.1) is 11.3 Å². The molecular weight excluding hydrogens is 196 g/mol. The molecule has 0 spiro atoms. The predicted molar refractivity (Wildman–Crippen MR) is 60.9 cm³/mol. The molecule has 0 radical (unpaired) electrons. The quantitative estimate of drug-likeness (QED) is 0.607. The van der Waals surface area contributed by atoms with Gasteiger partial charge in [-0.15, -0.1) is 0 Å². The molecule has 0 unspecified atom stereocenters. The molecule has 0 aromatic heterocycles. The Hall–Kier alpha value is -0.680. The molecule has 0 saturated carbocycles. The van der Waals surface area contributed by atoms with Gasteiger partial charge in [0, 0.05) is 19.3 Å². The molecule has 3 heteroatoms. The van der Waals surface area contributed by atoms with Gasteiger partial charge in [-0.05, 0) is 12.8 Å². The average Bonchev–Trinajstić information content (AvgIpc) is 2.21. The van der Waals surface area contributed by atoms with Crippen molar-refractivity contribution >= 4 is 11.6 Å². The Labute approximate surface area is 92.2 Å². The Morgan fingerprint density at radius 2 is 1.79 bits per heavy atom. The summed E-state index contributed by atoms with van der Waals surface area (Å²) in [5.41, 5.74) is 0. The molecule has 0 rings (SSSR count). The monoisotopic (exact) mass is 214 g/mol. The van der Waals surface area contributed by atoms with Crippen LogP contribution in [0.3, 0.4) is 0 Å². The van der Waals surface area contributed by atoms with Gasteiger partial charge in [-0.1, -0.05) is 38.3 Å². The van der Waals surface area contributed by atoms with Crippen molar-refractivity contribution in [3.05, 3.63) is 11.2 Å². The second kappa shape index (κ2) is 8.90.